The number of ether oxygens (including phenoxy) is 2. The Hall–Kier alpha value is -1.22. The third kappa shape index (κ3) is 3.47. The molecule has 0 amide bonds. The van der Waals surface area contributed by atoms with Crippen molar-refractivity contribution in [2.24, 2.45) is 5.92 Å². The van der Waals surface area contributed by atoms with E-state index in [1.54, 1.807) is 4.31 Å². The highest BCUT2D eigenvalue weighted by Gasteiger charge is 2.43. The van der Waals surface area contributed by atoms with Gasteiger partial charge in [0.05, 0.1) is 18.1 Å². The summed E-state index contributed by atoms with van der Waals surface area (Å²) in [6.07, 6.45) is 3.42. The van der Waals surface area contributed by atoms with Crippen molar-refractivity contribution in [2.45, 2.75) is 42.7 Å². The highest BCUT2D eigenvalue weighted by Crippen LogP contribution is 2.34. The molecule has 3 saturated heterocycles. The molecule has 1 N–H and O–H groups in total. The van der Waals surface area contributed by atoms with Crippen LogP contribution in [-0.4, -0.2) is 57.7 Å². The van der Waals surface area contributed by atoms with Crippen molar-refractivity contribution in [2.75, 3.05) is 32.9 Å². The molecule has 0 aromatic heterocycles. The predicted molar refractivity (Wildman–Crippen MR) is 94.1 cm³/mol. The largest absolute Gasteiger partial charge is 0.490 e. The number of rotatable bonds is 5. The lowest BCUT2D eigenvalue weighted by atomic mass is 10.1. The molecule has 8 heteroatoms. The van der Waals surface area contributed by atoms with Crippen LogP contribution in [0.4, 0.5) is 4.39 Å². The second-order valence-corrected chi connectivity index (χ2v) is 9.19. The third-order valence-electron chi connectivity index (χ3n) is 5.56. The minimum Gasteiger partial charge on any atom is -0.490 e. The van der Waals surface area contributed by atoms with Gasteiger partial charge < -0.3 is 14.8 Å². The Bertz CT molecular complexity index is 738. The van der Waals surface area contributed by atoms with E-state index in [4.69, 9.17) is 9.47 Å². The van der Waals surface area contributed by atoms with Gasteiger partial charge in [0.2, 0.25) is 10.0 Å². The molecule has 3 fully saturated rings. The van der Waals surface area contributed by atoms with Gasteiger partial charge in [0, 0.05) is 31.2 Å². The third-order valence-corrected chi connectivity index (χ3v) is 7.57. The number of nitrogens with one attached hydrogen (secondary N) is 1. The fraction of sp³-hybridized carbons (Fsp3) is 0.667. The lowest BCUT2D eigenvalue weighted by molar-refractivity contribution is 0.165. The summed E-state index contributed by atoms with van der Waals surface area (Å²) in [5.74, 6) is -0.278. The summed E-state index contributed by atoms with van der Waals surface area (Å²) in [6.45, 7) is 3.19. The van der Waals surface area contributed by atoms with Gasteiger partial charge in [0.15, 0.2) is 11.6 Å². The van der Waals surface area contributed by atoms with Crippen molar-refractivity contribution >= 4 is 10.0 Å². The number of sulfonamides is 1. The van der Waals surface area contributed by atoms with Crippen LogP contribution in [0.3, 0.4) is 0 Å². The van der Waals surface area contributed by atoms with Gasteiger partial charge in [-0.1, -0.05) is 0 Å². The van der Waals surface area contributed by atoms with Gasteiger partial charge in [-0.3, -0.25) is 0 Å². The van der Waals surface area contributed by atoms with Crippen LogP contribution in [0.15, 0.2) is 23.1 Å². The molecule has 0 radical (unpaired) electrons. The molecule has 6 nitrogen and oxygen atoms in total. The van der Waals surface area contributed by atoms with Gasteiger partial charge in [-0.15, -0.1) is 0 Å². The van der Waals surface area contributed by atoms with Crippen LogP contribution in [0.25, 0.3) is 0 Å². The first-order valence-corrected chi connectivity index (χ1v) is 10.7. The van der Waals surface area contributed by atoms with Crippen molar-refractivity contribution in [3.8, 4) is 5.75 Å². The quantitative estimate of drug-likeness (QED) is 0.838. The molecule has 3 aliphatic heterocycles. The average Bonchev–Trinajstić information content (AvgIpc) is 3.20. The molecule has 3 unspecified atom stereocenters. The summed E-state index contributed by atoms with van der Waals surface area (Å²) in [5, 5.41) is 3.29. The monoisotopic (exact) mass is 384 g/mol. The number of hydrogen-bond acceptors (Lipinski definition) is 5. The van der Waals surface area contributed by atoms with Crippen LogP contribution in [0.2, 0.25) is 0 Å². The normalized spacial score (nSPS) is 29.7. The highest BCUT2D eigenvalue weighted by molar-refractivity contribution is 7.89. The lowest BCUT2D eigenvalue weighted by Crippen LogP contribution is -2.42. The molecule has 0 spiro atoms. The Kier molecular flexibility index (Phi) is 5.18. The molecule has 2 bridgehead atoms. The second-order valence-electron chi connectivity index (χ2n) is 7.35. The van der Waals surface area contributed by atoms with E-state index in [1.807, 2.05) is 0 Å². The summed E-state index contributed by atoms with van der Waals surface area (Å²) in [5.41, 5.74) is 0. The van der Waals surface area contributed by atoms with E-state index in [0.717, 1.165) is 38.3 Å². The first-order valence-electron chi connectivity index (χ1n) is 9.30. The zero-order valence-corrected chi connectivity index (χ0v) is 15.5. The van der Waals surface area contributed by atoms with Gasteiger partial charge in [-0.05, 0) is 50.4 Å². The Labute approximate surface area is 153 Å². The molecular formula is C18H25FN2O4S. The lowest BCUT2D eigenvalue weighted by Gasteiger charge is -2.27. The first-order chi connectivity index (χ1) is 12.6. The number of hydrogen-bond donors (Lipinski definition) is 1. The standard InChI is InChI=1S/C18H25FN2O4S/c19-17-9-16(3-4-18(17)25-12-13-6-8-24-11-13)26(22,23)21-14-1-2-15(21)10-20-7-5-14/h3-4,9,13-15,20H,1-2,5-8,10-12H2. The fourth-order valence-corrected chi connectivity index (χ4v) is 6.05. The van der Waals surface area contributed by atoms with Crippen LogP contribution in [0, 0.1) is 11.7 Å². The van der Waals surface area contributed by atoms with Crippen molar-refractivity contribution in [1.82, 2.24) is 9.62 Å². The van der Waals surface area contributed by atoms with E-state index in [2.05, 4.69) is 5.32 Å². The minimum absolute atomic E-state index is 0.00125. The smallest absolute Gasteiger partial charge is 0.243 e. The maximum absolute atomic E-state index is 14.5. The molecule has 1 aromatic carbocycles. The Morgan fingerprint density at radius 1 is 1.23 bits per heavy atom. The van der Waals surface area contributed by atoms with Crippen LogP contribution >= 0.6 is 0 Å². The van der Waals surface area contributed by atoms with E-state index in [9.17, 15) is 12.8 Å². The van der Waals surface area contributed by atoms with Crippen LogP contribution in [-0.2, 0) is 14.8 Å². The maximum atomic E-state index is 14.5. The number of nitrogens with zero attached hydrogens (tertiary/aromatic N) is 1. The zero-order valence-electron chi connectivity index (χ0n) is 14.7. The van der Waals surface area contributed by atoms with Crippen molar-refractivity contribution in [1.29, 1.82) is 0 Å². The van der Waals surface area contributed by atoms with E-state index < -0.39 is 15.8 Å². The van der Waals surface area contributed by atoms with Gasteiger partial charge in [-0.2, -0.15) is 4.31 Å². The average molecular weight is 384 g/mol. The maximum Gasteiger partial charge on any atom is 0.243 e. The summed E-state index contributed by atoms with van der Waals surface area (Å²) >= 11 is 0. The van der Waals surface area contributed by atoms with E-state index in [0.29, 0.717) is 26.4 Å². The predicted octanol–water partition coefficient (Wildman–Crippen LogP) is 1.76. The number of fused-ring (bicyclic) bond motifs is 2. The Balaban J connectivity index is 1.52. The second kappa shape index (κ2) is 7.42. The molecule has 0 aliphatic carbocycles. The highest BCUT2D eigenvalue weighted by atomic mass is 32.2. The Morgan fingerprint density at radius 3 is 2.85 bits per heavy atom. The van der Waals surface area contributed by atoms with E-state index in [1.165, 1.54) is 12.1 Å². The summed E-state index contributed by atoms with van der Waals surface area (Å²) in [4.78, 5) is 0.00495. The Morgan fingerprint density at radius 2 is 2.08 bits per heavy atom. The van der Waals surface area contributed by atoms with Gasteiger partial charge in [0.1, 0.15) is 0 Å². The van der Waals surface area contributed by atoms with Crippen molar-refractivity contribution in [3.63, 3.8) is 0 Å². The molecule has 1 aromatic rings. The first kappa shape index (κ1) is 18.2. The topological polar surface area (TPSA) is 67.9 Å². The molecule has 3 atom stereocenters. The number of halogens is 1. The van der Waals surface area contributed by atoms with Gasteiger partial charge >= 0.3 is 0 Å². The summed E-state index contributed by atoms with van der Waals surface area (Å²) < 4.78 is 53.1. The molecule has 3 heterocycles. The molecule has 3 aliphatic rings. The fourth-order valence-electron chi connectivity index (χ4n) is 4.13. The van der Waals surface area contributed by atoms with Crippen molar-refractivity contribution < 1.29 is 22.3 Å². The molecule has 4 rings (SSSR count). The zero-order chi connectivity index (χ0) is 18.1. The molecule has 26 heavy (non-hydrogen) atoms. The molecular weight excluding hydrogens is 359 g/mol. The van der Waals surface area contributed by atoms with E-state index in [-0.39, 0.29) is 28.6 Å². The van der Waals surface area contributed by atoms with Gasteiger partial charge in [-0.25, -0.2) is 12.8 Å². The SMILES string of the molecule is O=S(=O)(c1ccc(OCC2CCOC2)c(F)c1)N1C2CCNCC1CC2. The van der Waals surface area contributed by atoms with Crippen LogP contribution in [0.5, 0.6) is 5.75 Å². The van der Waals surface area contributed by atoms with E-state index >= 15 is 0 Å². The van der Waals surface area contributed by atoms with Crippen LogP contribution < -0.4 is 10.1 Å². The minimum atomic E-state index is -3.71. The number of benzene rings is 1. The summed E-state index contributed by atoms with van der Waals surface area (Å²) in [7, 11) is -3.71. The van der Waals surface area contributed by atoms with Gasteiger partial charge in [0.25, 0.3) is 0 Å². The molecule has 0 saturated carbocycles. The molecule has 144 valence electrons. The van der Waals surface area contributed by atoms with Crippen LogP contribution in [0.1, 0.15) is 25.7 Å². The summed E-state index contributed by atoms with van der Waals surface area (Å²) in [6, 6.07) is 3.93. The van der Waals surface area contributed by atoms with Crippen molar-refractivity contribution in [3.05, 3.63) is 24.0 Å².